The fourth-order valence-electron chi connectivity index (χ4n) is 3.89. The highest BCUT2D eigenvalue weighted by molar-refractivity contribution is 7.14. The Kier molecular flexibility index (Phi) is 7.76. The topological polar surface area (TPSA) is 58.6 Å². The Morgan fingerprint density at radius 1 is 1.13 bits per heavy atom. The highest BCUT2D eigenvalue weighted by Crippen LogP contribution is 2.30. The molecule has 0 saturated carbocycles. The Hall–Kier alpha value is -2.34. The Morgan fingerprint density at radius 2 is 1.81 bits per heavy atom. The molecule has 5 nitrogen and oxygen atoms in total. The molecule has 1 aromatic heterocycles. The first kappa shape index (κ1) is 23.3. The van der Waals surface area contributed by atoms with Gasteiger partial charge in [0.05, 0.1) is 10.9 Å². The van der Waals surface area contributed by atoms with Crippen LogP contribution in [0.15, 0.2) is 42.5 Å². The van der Waals surface area contributed by atoms with Crippen LogP contribution in [0.2, 0.25) is 0 Å². The molecule has 3 rings (SSSR count). The van der Waals surface area contributed by atoms with E-state index in [2.05, 4.69) is 24.4 Å². The predicted octanol–water partition coefficient (Wildman–Crippen LogP) is 5.82. The molecule has 1 N–H and O–H groups in total. The zero-order chi connectivity index (χ0) is 22.4. The standard InChI is InChI=1S/C25H34N2O3S/c1-5-20-11-12-22(31-20)23(28)26-21(19-9-7-6-8-10-19)17-18-13-15-27(16-14-18)24(29)30-25(2,3)4/h6-12,18,21H,5,13-17H2,1-4H3,(H,26,28). The van der Waals surface area contributed by atoms with Crippen LogP contribution in [0.1, 0.15) is 73.1 Å². The highest BCUT2D eigenvalue weighted by atomic mass is 32.1. The fraction of sp³-hybridized carbons (Fsp3) is 0.520. The lowest BCUT2D eigenvalue weighted by atomic mass is 9.87. The monoisotopic (exact) mass is 442 g/mol. The smallest absolute Gasteiger partial charge is 0.410 e. The first-order chi connectivity index (χ1) is 14.7. The minimum absolute atomic E-state index is 0.00950. The van der Waals surface area contributed by atoms with Crippen molar-refractivity contribution in [3.05, 3.63) is 57.8 Å². The van der Waals surface area contributed by atoms with Crippen molar-refractivity contribution < 1.29 is 14.3 Å². The number of aryl methyl sites for hydroxylation is 1. The van der Waals surface area contributed by atoms with E-state index in [0.29, 0.717) is 19.0 Å². The van der Waals surface area contributed by atoms with Crippen molar-refractivity contribution in [2.75, 3.05) is 13.1 Å². The van der Waals surface area contributed by atoms with Crippen molar-refractivity contribution in [3.63, 3.8) is 0 Å². The van der Waals surface area contributed by atoms with Gasteiger partial charge in [-0.2, -0.15) is 0 Å². The Bertz CT molecular complexity index is 864. The van der Waals surface area contributed by atoms with Crippen molar-refractivity contribution in [1.82, 2.24) is 10.2 Å². The van der Waals surface area contributed by atoms with Crippen molar-refractivity contribution in [2.45, 2.75) is 65.0 Å². The van der Waals surface area contributed by atoms with Crippen LogP contribution in [0.3, 0.4) is 0 Å². The fourth-order valence-corrected chi connectivity index (χ4v) is 4.74. The van der Waals surface area contributed by atoms with Gasteiger partial charge in [-0.15, -0.1) is 11.3 Å². The Labute approximate surface area is 189 Å². The summed E-state index contributed by atoms with van der Waals surface area (Å²) in [5.74, 6) is 0.434. The third kappa shape index (κ3) is 6.82. The second-order valence-corrected chi connectivity index (χ2v) is 10.4. The SMILES string of the molecule is CCc1ccc(C(=O)NC(CC2CCN(C(=O)OC(C)(C)C)CC2)c2ccccc2)s1. The number of thiophene rings is 1. The number of amides is 2. The maximum absolute atomic E-state index is 12.9. The van der Waals surface area contributed by atoms with Gasteiger partial charge in [0, 0.05) is 18.0 Å². The van der Waals surface area contributed by atoms with E-state index in [1.54, 1.807) is 16.2 Å². The van der Waals surface area contributed by atoms with Crippen LogP contribution in [0.25, 0.3) is 0 Å². The normalized spacial score (nSPS) is 16.1. The lowest BCUT2D eigenvalue weighted by molar-refractivity contribution is 0.0178. The molecule has 1 aliphatic rings. The highest BCUT2D eigenvalue weighted by Gasteiger charge is 2.29. The van der Waals surface area contributed by atoms with Gasteiger partial charge in [0.1, 0.15) is 5.60 Å². The van der Waals surface area contributed by atoms with Crippen LogP contribution in [0.4, 0.5) is 4.79 Å². The molecule has 2 heterocycles. The molecule has 1 unspecified atom stereocenters. The van der Waals surface area contributed by atoms with Crippen molar-refractivity contribution in [3.8, 4) is 0 Å². The molecule has 1 aliphatic heterocycles. The van der Waals surface area contributed by atoms with Crippen molar-refractivity contribution >= 4 is 23.3 Å². The van der Waals surface area contributed by atoms with Gasteiger partial charge in [0.2, 0.25) is 0 Å². The molecule has 2 amide bonds. The van der Waals surface area contributed by atoms with Gasteiger partial charge in [0.15, 0.2) is 0 Å². The van der Waals surface area contributed by atoms with E-state index >= 15 is 0 Å². The number of carbonyl (C=O) groups is 2. The molecule has 2 aromatic rings. The van der Waals surface area contributed by atoms with E-state index in [1.807, 2.05) is 51.1 Å². The summed E-state index contributed by atoms with van der Waals surface area (Å²) < 4.78 is 5.51. The summed E-state index contributed by atoms with van der Waals surface area (Å²) in [6.07, 6.45) is 3.40. The summed E-state index contributed by atoms with van der Waals surface area (Å²) in [7, 11) is 0. The van der Waals surface area contributed by atoms with Crippen LogP contribution in [-0.4, -0.2) is 35.6 Å². The summed E-state index contributed by atoms with van der Waals surface area (Å²) in [6.45, 7) is 9.16. The van der Waals surface area contributed by atoms with Crippen molar-refractivity contribution in [2.24, 2.45) is 5.92 Å². The van der Waals surface area contributed by atoms with Crippen LogP contribution >= 0.6 is 11.3 Å². The summed E-state index contributed by atoms with van der Waals surface area (Å²) in [5, 5.41) is 3.27. The van der Waals surface area contributed by atoms with Crippen LogP contribution < -0.4 is 5.32 Å². The van der Waals surface area contributed by atoms with E-state index < -0.39 is 5.60 Å². The van der Waals surface area contributed by atoms with E-state index in [-0.39, 0.29) is 18.0 Å². The van der Waals surface area contributed by atoms with Gasteiger partial charge in [-0.25, -0.2) is 4.79 Å². The summed E-state index contributed by atoms with van der Waals surface area (Å²) in [4.78, 5) is 29.0. The third-order valence-corrected chi connectivity index (χ3v) is 6.80. The maximum atomic E-state index is 12.9. The number of nitrogens with one attached hydrogen (secondary N) is 1. The van der Waals surface area contributed by atoms with Gasteiger partial charge in [-0.3, -0.25) is 4.79 Å². The van der Waals surface area contributed by atoms with Crippen LogP contribution in [-0.2, 0) is 11.2 Å². The molecule has 0 bridgehead atoms. The molecule has 0 radical (unpaired) electrons. The van der Waals surface area contributed by atoms with Gasteiger partial charge in [-0.05, 0) is 70.1 Å². The van der Waals surface area contributed by atoms with Crippen LogP contribution in [0.5, 0.6) is 0 Å². The largest absolute Gasteiger partial charge is 0.444 e. The van der Waals surface area contributed by atoms with Gasteiger partial charge < -0.3 is 15.0 Å². The average Bonchev–Trinajstić information content (AvgIpc) is 3.23. The Morgan fingerprint density at radius 3 is 2.39 bits per heavy atom. The maximum Gasteiger partial charge on any atom is 0.410 e. The lowest BCUT2D eigenvalue weighted by Crippen LogP contribution is -2.42. The minimum Gasteiger partial charge on any atom is -0.444 e. The molecule has 31 heavy (non-hydrogen) atoms. The molecule has 0 spiro atoms. The zero-order valence-corrected chi connectivity index (χ0v) is 19.8. The quantitative estimate of drug-likeness (QED) is 0.613. The number of piperidine rings is 1. The summed E-state index contributed by atoms with van der Waals surface area (Å²) >= 11 is 1.56. The van der Waals surface area contributed by atoms with E-state index in [4.69, 9.17) is 4.74 Å². The lowest BCUT2D eigenvalue weighted by Gasteiger charge is -2.35. The summed E-state index contributed by atoms with van der Waals surface area (Å²) in [6, 6.07) is 14.1. The molecular formula is C25H34N2O3S. The third-order valence-electron chi connectivity index (χ3n) is 5.58. The van der Waals surface area contributed by atoms with Gasteiger partial charge >= 0.3 is 6.09 Å². The van der Waals surface area contributed by atoms with Crippen molar-refractivity contribution in [1.29, 1.82) is 0 Å². The molecule has 1 saturated heterocycles. The molecular weight excluding hydrogens is 408 g/mol. The zero-order valence-electron chi connectivity index (χ0n) is 19.0. The minimum atomic E-state index is -0.476. The van der Waals surface area contributed by atoms with E-state index in [1.165, 1.54) is 4.88 Å². The first-order valence-electron chi connectivity index (χ1n) is 11.2. The predicted molar refractivity (Wildman–Crippen MR) is 125 cm³/mol. The molecule has 1 aromatic carbocycles. The number of rotatable bonds is 6. The van der Waals surface area contributed by atoms with Gasteiger partial charge in [0.25, 0.3) is 5.91 Å². The molecule has 168 valence electrons. The number of carbonyl (C=O) groups excluding carboxylic acids is 2. The Balaban J connectivity index is 1.62. The number of benzene rings is 1. The number of likely N-dealkylation sites (tertiary alicyclic amines) is 1. The van der Waals surface area contributed by atoms with Gasteiger partial charge in [-0.1, -0.05) is 37.3 Å². The number of nitrogens with zero attached hydrogens (tertiary/aromatic N) is 1. The number of hydrogen-bond acceptors (Lipinski definition) is 4. The second-order valence-electron chi connectivity index (χ2n) is 9.20. The molecule has 6 heteroatoms. The molecule has 1 fully saturated rings. The van der Waals surface area contributed by atoms with E-state index in [0.717, 1.165) is 36.1 Å². The number of hydrogen-bond donors (Lipinski definition) is 1. The van der Waals surface area contributed by atoms with Crippen LogP contribution in [0, 0.1) is 5.92 Å². The molecule has 1 atom stereocenters. The number of ether oxygens (including phenoxy) is 1. The first-order valence-corrected chi connectivity index (χ1v) is 12.0. The average molecular weight is 443 g/mol. The van der Waals surface area contributed by atoms with E-state index in [9.17, 15) is 9.59 Å². The second kappa shape index (κ2) is 10.3. The molecule has 0 aliphatic carbocycles. The summed E-state index contributed by atoms with van der Waals surface area (Å²) in [5.41, 5.74) is 0.647.